The molecular weight excluding hydrogens is 377 g/mol. The van der Waals surface area contributed by atoms with E-state index in [1.165, 1.54) is 0 Å². The number of hydrogen-bond acceptors (Lipinski definition) is 6. The smallest absolute Gasteiger partial charge is 0.409 e. The summed E-state index contributed by atoms with van der Waals surface area (Å²) in [5, 5.41) is 4.30. The number of hydrogen-bond donors (Lipinski definition) is 1. The fourth-order valence-corrected chi connectivity index (χ4v) is 2.94. The molecule has 1 aliphatic heterocycles. The third-order valence-corrected chi connectivity index (χ3v) is 4.49. The number of piperazine rings is 1. The first kappa shape index (κ1) is 18.5. The first-order valence-corrected chi connectivity index (χ1v) is 9.04. The number of benzene rings is 1. The second kappa shape index (κ2) is 8.42. The number of nitrogens with one attached hydrogen (secondary N) is 1. The lowest BCUT2D eigenvalue weighted by atomic mass is 10.3. The minimum absolute atomic E-state index is 0.279. The molecule has 0 saturated carbocycles. The van der Waals surface area contributed by atoms with Crippen LogP contribution < -0.4 is 10.2 Å². The third-order valence-electron chi connectivity index (χ3n) is 3.92. The van der Waals surface area contributed by atoms with Gasteiger partial charge in [-0.05, 0) is 31.2 Å². The average molecular weight is 396 g/mol. The maximum Gasteiger partial charge on any atom is 0.409 e. The highest BCUT2D eigenvalue weighted by Crippen LogP contribution is 2.28. The molecule has 1 aromatic carbocycles. The van der Waals surface area contributed by atoms with Gasteiger partial charge < -0.3 is 19.9 Å². The molecule has 0 atom stereocenters. The fourth-order valence-electron chi connectivity index (χ4n) is 2.61. The fraction of sp³-hybridized carbons (Fsp3) is 0.353. The van der Waals surface area contributed by atoms with Gasteiger partial charge in [0.05, 0.1) is 17.3 Å². The average Bonchev–Trinajstić information content (AvgIpc) is 2.65. The van der Waals surface area contributed by atoms with E-state index in [1.54, 1.807) is 42.3 Å². The van der Waals surface area contributed by atoms with Crippen molar-refractivity contribution in [2.45, 2.75) is 6.92 Å². The summed E-state index contributed by atoms with van der Waals surface area (Å²) in [5.74, 6) is 1.21. The Labute approximate surface area is 161 Å². The maximum atomic E-state index is 11.8. The standard InChI is InChI=1S/C17H19Cl2N5O2/c1-2-26-17(25)24-9-7-23(8-10-24)16-20-6-5-15(22-16)21-14-11-12(18)3-4-13(14)19/h3-6,11H,2,7-10H2,1H3,(H,20,21,22). The molecule has 1 N–H and O–H groups in total. The monoisotopic (exact) mass is 395 g/mol. The van der Waals surface area contributed by atoms with Crippen molar-refractivity contribution in [2.75, 3.05) is 43.0 Å². The summed E-state index contributed by atoms with van der Waals surface area (Å²) in [7, 11) is 0. The van der Waals surface area contributed by atoms with Crippen molar-refractivity contribution in [2.24, 2.45) is 0 Å². The quantitative estimate of drug-likeness (QED) is 0.848. The van der Waals surface area contributed by atoms with Crippen molar-refractivity contribution in [1.82, 2.24) is 14.9 Å². The molecule has 0 aliphatic carbocycles. The lowest BCUT2D eigenvalue weighted by molar-refractivity contribution is 0.105. The van der Waals surface area contributed by atoms with Gasteiger partial charge in [-0.2, -0.15) is 4.98 Å². The van der Waals surface area contributed by atoms with Gasteiger partial charge in [-0.3, -0.25) is 0 Å². The molecule has 1 saturated heterocycles. The highest BCUT2D eigenvalue weighted by atomic mass is 35.5. The van der Waals surface area contributed by atoms with E-state index in [0.29, 0.717) is 60.3 Å². The molecule has 9 heteroatoms. The van der Waals surface area contributed by atoms with Crippen molar-refractivity contribution in [3.8, 4) is 0 Å². The van der Waals surface area contributed by atoms with E-state index >= 15 is 0 Å². The van der Waals surface area contributed by atoms with Crippen LogP contribution in [0, 0.1) is 0 Å². The molecule has 1 amide bonds. The van der Waals surface area contributed by atoms with Crippen LogP contribution in [0.5, 0.6) is 0 Å². The number of halogens is 2. The van der Waals surface area contributed by atoms with Crippen molar-refractivity contribution in [1.29, 1.82) is 0 Å². The zero-order valence-corrected chi connectivity index (χ0v) is 15.8. The van der Waals surface area contributed by atoms with Crippen LogP contribution >= 0.6 is 23.2 Å². The lowest BCUT2D eigenvalue weighted by Gasteiger charge is -2.34. The number of nitrogens with zero attached hydrogens (tertiary/aromatic N) is 4. The number of carbonyl (C=O) groups is 1. The van der Waals surface area contributed by atoms with Gasteiger partial charge in [0.2, 0.25) is 5.95 Å². The van der Waals surface area contributed by atoms with Gasteiger partial charge in [-0.15, -0.1) is 0 Å². The summed E-state index contributed by atoms with van der Waals surface area (Å²) >= 11 is 12.2. The number of rotatable bonds is 4. The largest absolute Gasteiger partial charge is 0.450 e. The molecule has 2 aromatic rings. The Morgan fingerprint density at radius 1 is 1.23 bits per heavy atom. The Bertz CT molecular complexity index is 781. The van der Waals surface area contributed by atoms with Gasteiger partial charge in [0, 0.05) is 37.4 Å². The van der Waals surface area contributed by atoms with E-state index in [2.05, 4.69) is 15.3 Å². The topological polar surface area (TPSA) is 70.6 Å². The highest BCUT2D eigenvalue weighted by Gasteiger charge is 2.23. The van der Waals surface area contributed by atoms with Crippen LogP contribution in [0.1, 0.15) is 6.92 Å². The molecule has 0 spiro atoms. The van der Waals surface area contributed by atoms with Crippen LogP contribution in [0.2, 0.25) is 10.0 Å². The molecule has 2 heterocycles. The zero-order chi connectivity index (χ0) is 18.5. The molecule has 1 aliphatic rings. The Morgan fingerprint density at radius 3 is 2.73 bits per heavy atom. The van der Waals surface area contributed by atoms with Crippen LogP contribution in [0.15, 0.2) is 30.5 Å². The highest BCUT2D eigenvalue weighted by molar-refractivity contribution is 6.35. The minimum Gasteiger partial charge on any atom is -0.450 e. The number of carbonyl (C=O) groups excluding carboxylic acids is 1. The molecule has 7 nitrogen and oxygen atoms in total. The Balaban J connectivity index is 1.66. The normalized spacial score (nSPS) is 14.3. The van der Waals surface area contributed by atoms with Gasteiger partial charge in [-0.1, -0.05) is 23.2 Å². The lowest BCUT2D eigenvalue weighted by Crippen LogP contribution is -2.49. The number of amides is 1. The van der Waals surface area contributed by atoms with Gasteiger partial charge in [0.25, 0.3) is 0 Å². The first-order valence-electron chi connectivity index (χ1n) is 8.28. The van der Waals surface area contributed by atoms with Crippen molar-refractivity contribution in [3.63, 3.8) is 0 Å². The molecule has 0 unspecified atom stereocenters. The zero-order valence-electron chi connectivity index (χ0n) is 14.3. The minimum atomic E-state index is -0.279. The number of aromatic nitrogens is 2. The second-order valence-corrected chi connectivity index (χ2v) is 6.51. The van der Waals surface area contributed by atoms with Crippen molar-refractivity contribution in [3.05, 3.63) is 40.5 Å². The van der Waals surface area contributed by atoms with Gasteiger partial charge in [-0.25, -0.2) is 9.78 Å². The van der Waals surface area contributed by atoms with Crippen LogP contribution in [-0.2, 0) is 4.74 Å². The molecule has 26 heavy (non-hydrogen) atoms. The van der Waals surface area contributed by atoms with E-state index in [9.17, 15) is 4.79 Å². The van der Waals surface area contributed by atoms with Crippen LogP contribution in [0.25, 0.3) is 0 Å². The summed E-state index contributed by atoms with van der Waals surface area (Å²) in [6, 6.07) is 6.95. The van der Waals surface area contributed by atoms with Crippen LogP contribution in [0.4, 0.5) is 22.2 Å². The van der Waals surface area contributed by atoms with E-state index in [-0.39, 0.29) is 6.09 Å². The number of anilines is 3. The van der Waals surface area contributed by atoms with E-state index in [0.717, 1.165) is 0 Å². The summed E-state index contributed by atoms with van der Waals surface area (Å²) < 4.78 is 5.03. The van der Waals surface area contributed by atoms with Crippen molar-refractivity contribution < 1.29 is 9.53 Å². The van der Waals surface area contributed by atoms with Crippen LogP contribution in [-0.4, -0.2) is 53.7 Å². The SMILES string of the molecule is CCOC(=O)N1CCN(c2nccc(Nc3cc(Cl)ccc3Cl)n2)CC1. The van der Waals surface area contributed by atoms with Gasteiger partial charge in [0.1, 0.15) is 5.82 Å². The molecule has 138 valence electrons. The third kappa shape index (κ3) is 4.47. The molecule has 1 aromatic heterocycles. The molecule has 3 rings (SSSR count). The Morgan fingerprint density at radius 2 is 2.00 bits per heavy atom. The van der Waals surface area contributed by atoms with E-state index in [1.807, 2.05) is 4.90 Å². The van der Waals surface area contributed by atoms with E-state index in [4.69, 9.17) is 27.9 Å². The summed E-state index contributed by atoms with van der Waals surface area (Å²) in [5.41, 5.74) is 0.677. The van der Waals surface area contributed by atoms with Crippen molar-refractivity contribution >= 4 is 46.7 Å². The molecule has 0 bridgehead atoms. The van der Waals surface area contributed by atoms with E-state index < -0.39 is 0 Å². The van der Waals surface area contributed by atoms with Crippen LogP contribution in [0.3, 0.4) is 0 Å². The summed E-state index contributed by atoms with van der Waals surface area (Å²) in [4.78, 5) is 24.4. The predicted octanol–water partition coefficient (Wildman–Crippen LogP) is 3.81. The molecule has 1 fully saturated rings. The first-order chi connectivity index (χ1) is 12.6. The predicted molar refractivity (Wildman–Crippen MR) is 103 cm³/mol. The number of ether oxygens (including phenoxy) is 1. The summed E-state index contributed by atoms with van der Waals surface area (Å²) in [6.07, 6.45) is 1.40. The molecular formula is C17H19Cl2N5O2. The second-order valence-electron chi connectivity index (χ2n) is 5.66. The maximum absolute atomic E-state index is 11.8. The molecule has 0 radical (unpaired) electrons. The summed E-state index contributed by atoms with van der Waals surface area (Å²) in [6.45, 7) is 4.59. The Hall–Kier alpha value is -2.25. The Kier molecular flexibility index (Phi) is 6.00. The van der Waals surface area contributed by atoms with Gasteiger partial charge in [0.15, 0.2) is 0 Å². The van der Waals surface area contributed by atoms with Gasteiger partial charge >= 0.3 is 6.09 Å².